The number of aromatic nitrogens is 1. The van der Waals surface area contributed by atoms with E-state index in [1.165, 1.54) is 0 Å². The van der Waals surface area contributed by atoms with Crippen LogP contribution in [0.15, 0.2) is 107 Å². The highest BCUT2D eigenvalue weighted by molar-refractivity contribution is 6.30. The molecule has 4 aromatic carbocycles. The van der Waals surface area contributed by atoms with Gasteiger partial charge in [0, 0.05) is 28.1 Å². The molecule has 5 aromatic rings. The van der Waals surface area contributed by atoms with E-state index < -0.39 is 0 Å². The molecular weight excluding hydrogens is 458 g/mol. The summed E-state index contributed by atoms with van der Waals surface area (Å²) in [7, 11) is 0. The van der Waals surface area contributed by atoms with E-state index in [4.69, 9.17) is 26.0 Å². The van der Waals surface area contributed by atoms with E-state index in [9.17, 15) is 0 Å². The van der Waals surface area contributed by atoms with Gasteiger partial charge in [0.2, 0.25) is 6.23 Å². The molecule has 3 heterocycles. The van der Waals surface area contributed by atoms with Gasteiger partial charge in [-0.1, -0.05) is 71.4 Å². The first kappa shape index (κ1) is 20.3. The van der Waals surface area contributed by atoms with Crippen LogP contribution in [0.3, 0.4) is 0 Å². The minimum atomic E-state index is -0.367. The third-order valence-corrected chi connectivity index (χ3v) is 6.95. The summed E-state index contributed by atoms with van der Waals surface area (Å²) in [4.78, 5) is 0. The summed E-state index contributed by atoms with van der Waals surface area (Å²) in [5.41, 5.74) is 6.07. The van der Waals surface area contributed by atoms with Gasteiger partial charge in [0.05, 0.1) is 17.1 Å². The number of hydrogen-bond acceptors (Lipinski definition) is 5. The maximum Gasteiger partial charge on any atom is 0.213 e. The third kappa shape index (κ3) is 3.39. The first-order valence-corrected chi connectivity index (χ1v) is 11.9. The molecule has 0 amide bonds. The number of nitrogens with zero attached hydrogens (tertiary/aromatic N) is 3. The Labute approximate surface area is 207 Å². The lowest BCUT2D eigenvalue weighted by atomic mass is 9.95. The molecule has 7 rings (SSSR count). The van der Waals surface area contributed by atoms with E-state index in [0.29, 0.717) is 10.8 Å². The van der Waals surface area contributed by atoms with E-state index in [-0.39, 0.29) is 12.3 Å². The third-order valence-electron chi connectivity index (χ3n) is 6.70. The largest absolute Gasteiger partial charge is 0.464 e. The Morgan fingerprint density at radius 2 is 1.63 bits per heavy atom. The van der Waals surface area contributed by atoms with Crippen LogP contribution in [0, 0.1) is 0 Å². The van der Waals surface area contributed by atoms with Crippen LogP contribution in [-0.2, 0) is 0 Å². The summed E-state index contributed by atoms with van der Waals surface area (Å²) in [6, 6.07) is 32.4. The zero-order valence-corrected chi connectivity index (χ0v) is 19.4. The van der Waals surface area contributed by atoms with Crippen molar-refractivity contribution in [2.45, 2.75) is 18.7 Å². The van der Waals surface area contributed by atoms with Gasteiger partial charge >= 0.3 is 0 Å². The molecule has 2 atom stereocenters. The van der Waals surface area contributed by atoms with Crippen LogP contribution in [0.5, 0.6) is 5.75 Å². The molecule has 0 aliphatic carbocycles. The van der Waals surface area contributed by atoms with Gasteiger partial charge in [-0.3, -0.25) is 0 Å². The highest BCUT2D eigenvalue weighted by atomic mass is 35.5. The fraction of sp³-hybridized carbons (Fsp3) is 0.103. The van der Waals surface area contributed by atoms with Crippen molar-refractivity contribution in [3.63, 3.8) is 0 Å². The zero-order valence-electron chi connectivity index (χ0n) is 18.6. The second-order valence-corrected chi connectivity index (χ2v) is 9.25. The molecule has 5 nitrogen and oxygen atoms in total. The monoisotopic (exact) mass is 477 g/mol. The van der Waals surface area contributed by atoms with Crippen molar-refractivity contribution in [1.82, 2.24) is 10.2 Å². The van der Waals surface area contributed by atoms with Gasteiger partial charge in [-0.25, -0.2) is 5.01 Å². The van der Waals surface area contributed by atoms with Gasteiger partial charge in [0.25, 0.3) is 0 Å². The van der Waals surface area contributed by atoms with Gasteiger partial charge in [0.15, 0.2) is 5.76 Å². The Bertz CT molecular complexity index is 1580. The lowest BCUT2D eigenvalue weighted by Crippen LogP contribution is -2.33. The summed E-state index contributed by atoms with van der Waals surface area (Å²) in [6.07, 6.45) is 0.459. The van der Waals surface area contributed by atoms with Gasteiger partial charge in [0.1, 0.15) is 11.3 Å². The molecule has 0 fully saturated rings. The van der Waals surface area contributed by atoms with Crippen LogP contribution in [0.25, 0.3) is 22.2 Å². The second-order valence-electron chi connectivity index (χ2n) is 8.82. The van der Waals surface area contributed by atoms with E-state index in [1.54, 1.807) is 0 Å². The molecule has 1 aromatic heterocycles. The van der Waals surface area contributed by atoms with Crippen molar-refractivity contribution in [1.29, 1.82) is 0 Å². The Morgan fingerprint density at radius 3 is 2.49 bits per heavy atom. The minimum absolute atomic E-state index is 0.106. The SMILES string of the molecule is Clc1ccc(-c2onc3ccc([C@@H]4Oc5ccccc5[C@H]5CC(c6ccccc6)=NN54)cc23)cc1. The zero-order chi connectivity index (χ0) is 23.4. The summed E-state index contributed by atoms with van der Waals surface area (Å²) < 4.78 is 12.3. The maximum atomic E-state index is 6.55. The molecule has 2 aliphatic heterocycles. The lowest BCUT2D eigenvalue weighted by Gasteiger charge is -2.38. The number of hydrazone groups is 1. The second kappa shape index (κ2) is 8.00. The van der Waals surface area contributed by atoms with Crippen molar-refractivity contribution in [2.75, 3.05) is 0 Å². The number of ether oxygens (including phenoxy) is 1. The van der Waals surface area contributed by atoms with E-state index >= 15 is 0 Å². The number of hydrogen-bond donors (Lipinski definition) is 0. The van der Waals surface area contributed by atoms with Crippen LogP contribution in [-0.4, -0.2) is 15.9 Å². The number of rotatable bonds is 3. The van der Waals surface area contributed by atoms with Crippen LogP contribution in [0.2, 0.25) is 5.02 Å². The Balaban J connectivity index is 1.34. The quantitative estimate of drug-likeness (QED) is 0.272. The standard InChI is InChI=1S/C29H20ClN3O2/c30-21-13-10-19(11-14-21)28-23-16-20(12-15-24(23)32-35-28)29-33-26(22-8-4-5-9-27(22)34-29)17-25(31-33)18-6-2-1-3-7-18/h1-16,26,29H,17H2/t26-,29+/m1/s1. The topological polar surface area (TPSA) is 50.9 Å². The molecule has 0 N–H and O–H groups in total. The average molecular weight is 478 g/mol. The fourth-order valence-electron chi connectivity index (χ4n) is 4.98. The molecular formula is C29H20ClN3O2. The Morgan fingerprint density at radius 1 is 0.829 bits per heavy atom. The smallest absolute Gasteiger partial charge is 0.213 e. The van der Waals surface area contributed by atoms with Gasteiger partial charge in [-0.05, 0) is 48.0 Å². The summed E-state index contributed by atoms with van der Waals surface area (Å²) in [6.45, 7) is 0. The molecule has 35 heavy (non-hydrogen) atoms. The molecule has 2 aliphatic rings. The molecule has 0 radical (unpaired) electrons. The van der Waals surface area contributed by atoms with Gasteiger partial charge < -0.3 is 9.26 Å². The van der Waals surface area contributed by atoms with Crippen molar-refractivity contribution >= 4 is 28.2 Å². The molecule has 0 saturated carbocycles. The fourth-order valence-corrected chi connectivity index (χ4v) is 5.11. The number of fused-ring (bicyclic) bond motifs is 4. The van der Waals surface area contributed by atoms with Gasteiger partial charge in [-0.15, -0.1) is 0 Å². The first-order valence-electron chi connectivity index (χ1n) is 11.6. The van der Waals surface area contributed by atoms with Crippen molar-refractivity contribution in [3.8, 4) is 17.1 Å². The van der Waals surface area contributed by atoms with Crippen LogP contribution >= 0.6 is 11.6 Å². The first-order chi connectivity index (χ1) is 17.2. The Kier molecular flexibility index (Phi) is 4.64. The molecule has 0 spiro atoms. The maximum absolute atomic E-state index is 6.55. The normalized spacial score (nSPS) is 18.7. The predicted octanol–water partition coefficient (Wildman–Crippen LogP) is 7.39. The number of halogens is 1. The minimum Gasteiger partial charge on any atom is -0.464 e. The van der Waals surface area contributed by atoms with Crippen molar-refractivity contribution < 1.29 is 9.26 Å². The van der Waals surface area contributed by atoms with E-state index in [2.05, 4.69) is 52.6 Å². The lowest BCUT2D eigenvalue weighted by molar-refractivity contribution is -0.0189. The predicted molar refractivity (Wildman–Crippen MR) is 136 cm³/mol. The van der Waals surface area contributed by atoms with E-state index in [1.807, 2.05) is 54.6 Å². The van der Waals surface area contributed by atoms with Crippen molar-refractivity contribution in [2.24, 2.45) is 5.10 Å². The van der Waals surface area contributed by atoms with Gasteiger partial charge in [-0.2, -0.15) is 5.10 Å². The molecule has 0 unspecified atom stereocenters. The van der Waals surface area contributed by atoms with E-state index in [0.717, 1.165) is 51.0 Å². The van der Waals surface area contributed by atoms with Crippen molar-refractivity contribution in [3.05, 3.63) is 119 Å². The molecule has 0 bridgehead atoms. The van der Waals surface area contributed by atoms with Crippen LogP contribution in [0.4, 0.5) is 0 Å². The van der Waals surface area contributed by atoms with Crippen LogP contribution < -0.4 is 4.74 Å². The molecule has 6 heteroatoms. The number of para-hydroxylation sites is 1. The Hall–Kier alpha value is -4.09. The number of benzene rings is 4. The van der Waals surface area contributed by atoms with Crippen LogP contribution in [0.1, 0.15) is 35.4 Å². The summed E-state index contributed by atoms with van der Waals surface area (Å²) in [5.74, 6) is 1.60. The molecule has 170 valence electrons. The summed E-state index contributed by atoms with van der Waals surface area (Å²) in [5, 5.41) is 13.0. The average Bonchev–Trinajstić information content (AvgIpc) is 3.54. The molecule has 0 saturated heterocycles. The highest BCUT2D eigenvalue weighted by Crippen LogP contribution is 2.48. The highest BCUT2D eigenvalue weighted by Gasteiger charge is 2.41. The summed E-state index contributed by atoms with van der Waals surface area (Å²) >= 11 is 6.09.